The van der Waals surface area contributed by atoms with Crippen molar-refractivity contribution in [3.63, 3.8) is 0 Å². The first-order chi connectivity index (χ1) is 7.89. The predicted octanol–water partition coefficient (Wildman–Crippen LogP) is 0.839. The fourth-order valence-electron chi connectivity index (χ4n) is 2.40. The summed E-state index contributed by atoms with van der Waals surface area (Å²) in [5, 5.41) is 3.28. The summed E-state index contributed by atoms with van der Waals surface area (Å²) in [6.45, 7) is 3.49. The van der Waals surface area contributed by atoms with Gasteiger partial charge in [0.1, 0.15) is 0 Å². The van der Waals surface area contributed by atoms with Gasteiger partial charge in [0.05, 0.1) is 12.2 Å². The summed E-state index contributed by atoms with van der Waals surface area (Å²) in [6.07, 6.45) is 2.84. The molecule has 1 unspecified atom stereocenters. The average molecular weight is 220 g/mol. The van der Waals surface area contributed by atoms with Crippen molar-refractivity contribution in [3.8, 4) is 5.88 Å². The van der Waals surface area contributed by atoms with Crippen molar-refractivity contribution >= 4 is 0 Å². The van der Waals surface area contributed by atoms with Gasteiger partial charge in [-0.05, 0) is 12.5 Å². The molecule has 4 nitrogen and oxygen atoms in total. The van der Waals surface area contributed by atoms with E-state index in [9.17, 15) is 0 Å². The Bertz CT molecular complexity index is 351. The second kappa shape index (κ2) is 4.03. The van der Waals surface area contributed by atoms with Crippen LogP contribution in [0.25, 0.3) is 0 Å². The molecule has 3 rings (SSSR count). The van der Waals surface area contributed by atoms with E-state index in [1.54, 1.807) is 6.20 Å². The van der Waals surface area contributed by atoms with Crippen molar-refractivity contribution in [2.24, 2.45) is 5.92 Å². The Balaban J connectivity index is 1.59. The maximum atomic E-state index is 5.81. The smallest absolute Gasteiger partial charge is 0.213 e. The minimum absolute atomic E-state index is 0.0504. The SMILES string of the molecule is c1ccc(OCC2CCOC23CNC3)nc1. The fraction of sp³-hybridized carbons (Fsp3) is 0.583. The second-order valence-electron chi connectivity index (χ2n) is 4.48. The van der Waals surface area contributed by atoms with Crippen LogP contribution in [-0.2, 0) is 4.74 Å². The summed E-state index contributed by atoms with van der Waals surface area (Å²) in [7, 11) is 0. The number of aromatic nitrogens is 1. The van der Waals surface area contributed by atoms with Crippen LogP contribution in [0, 0.1) is 5.92 Å². The van der Waals surface area contributed by atoms with E-state index in [2.05, 4.69) is 10.3 Å². The van der Waals surface area contributed by atoms with Gasteiger partial charge in [0.15, 0.2) is 0 Å². The normalized spacial score (nSPS) is 26.6. The molecule has 1 N–H and O–H groups in total. The number of hydrogen-bond donors (Lipinski definition) is 1. The third-order valence-corrected chi connectivity index (χ3v) is 3.52. The summed E-state index contributed by atoms with van der Waals surface area (Å²) in [5.74, 6) is 1.20. The predicted molar refractivity (Wildman–Crippen MR) is 59.4 cm³/mol. The Morgan fingerprint density at radius 1 is 1.50 bits per heavy atom. The molecule has 0 saturated carbocycles. The van der Waals surface area contributed by atoms with Crippen molar-refractivity contribution < 1.29 is 9.47 Å². The largest absolute Gasteiger partial charge is 0.477 e. The molecular formula is C12H16N2O2. The molecule has 4 heteroatoms. The van der Waals surface area contributed by atoms with Crippen LogP contribution in [0.3, 0.4) is 0 Å². The molecule has 1 aromatic heterocycles. The van der Waals surface area contributed by atoms with Crippen molar-refractivity contribution in [1.82, 2.24) is 10.3 Å². The lowest BCUT2D eigenvalue weighted by Crippen LogP contribution is -2.63. The van der Waals surface area contributed by atoms with Crippen LogP contribution in [-0.4, -0.2) is 36.9 Å². The molecule has 1 aromatic rings. The Hall–Kier alpha value is -1.13. The molecular weight excluding hydrogens is 204 g/mol. The Kier molecular flexibility index (Phi) is 2.53. The number of rotatable bonds is 3. The third-order valence-electron chi connectivity index (χ3n) is 3.52. The van der Waals surface area contributed by atoms with E-state index in [1.807, 2.05) is 18.2 Å². The van der Waals surface area contributed by atoms with E-state index in [1.165, 1.54) is 0 Å². The van der Waals surface area contributed by atoms with Crippen LogP contribution in [0.1, 0.15) is 6.42 Å². The molecule has 16 heavy (non-hydrogen) atoms. The molecule has 3 heterocycles. The summed E-state index contributed by atoms with van der Waals surface area (Å²) < 4.78 is 11.5. The molecule has 2 saturated heterocycles. The molecule has 86 valence electrons. The monoisotopic (exact) mass is 220 g/mol. The Morgan fingerprint density at radius 2 is 2.44 bits per heavy atom. The molecule has 2 fully saturated rings. The minimum atomic E-state index is 0.0504. The van der Waals surface area contributed by atoms with E-state index in [4.69, 9.17) is 9.47 Å². The number of ether oxygens (including phenoxy) is 2. The second-order valence-corrected chi connectivity index (χ2v) is 4.48. The first-order valence-corrected chi connectivity index (χ1v) is 5.78. The van der Waals surface area contributed by atoms with E-state index in [0.29, 0.717) is 18.4 Å². The van der Waals surface area contributed by atoms with Gasteiger partial charge in [0.25, 0.3) is 0 Å². The van der Waals surface area contributed by atoms with Crippen LogP contribution in [0.4, 0.5) is 0 Å². The highest BCUT2D eigenvalue weighted by Gasteiger charge is 2.49. The number of nitrogens with zero attached hydrogens (tertiary/aromatic N) is 1. The maximum absolute atomic E-state index is 5.81. The highest BCUT2D eigenvalue weighted by Crippen LogP contribution is 2.35. The maximum Gasteiger partial charge on any atom is 0.213 e. The average Bonchev–Trinajstić information content (AvgIpc) is 2.71. The van der Waals surface area contributed by atoms with Crippen LogP contribution in [0.5, 0.6) is 5.88 Å². The van der Waals surface area contributed by atoms with E-state index >= 15 is 0 Å². The highest BCUT2D eigenvalue weighted by molar-refractivity contribution is 5.10. The van der Waals surface area contributed by atoms with E-state index < -0.39 is 0 Å². The summed E-state index contributed by atoms with van der Waals surface area (Å²) in [4.78, 5) is 4.15. The zero-order valence-corrected chi connectivity index (χ0v) is 9.19. The van der Waals surface area contributed by atoms with Gasteiger partial charge in [-0.15, -0.1) is 0 Å². The van der Waals surface area contributed by atoms with Crippen molar-refractivity contribution in [2.75, 3.05) is 26.3 Å². The van der Waals surface area contributed by atoms with Gasteiger partial charge in [0, 0.05) is 37.9 Å². The van der Waals surface area contributed by atoms with Crippen LogP contribution in [0.2, 0.25) is 0 Å². The summed E-state index contributed by atoms with van der Waals surface area (Å²) >= 11 is 0. The van der Waals surface area contributed by atoms with Gasteiger partial charge >= 0.3 is 0 Å². The molecule has 0 aliphatic carbocycles. The van der Waals surface area contributed by atoms with Crippen LogP contribution in [0.15, 0.2) is 24.4 Å². The molecule has 0 radical (unpaired) electrons. The van der Waals surface area contributed by atoms with Gasteiger partial charge in [-0.2, -0.15) is 0 Å². The van der Waals surface area contributed by atoms with Crippen molar-refractivity contribution in [1.29, 1.82) is 0 Å². The van der Waals surface area contributed by atoms with Gasteiger partial charge in [-0.3, -0.25) is 0 Å². The minimum Gasteiger partial charge on any atom is -0.477 e. The van der Waals surface area contributed by atoms with E-state index in [-0.39, 0.29) is 5.60 Å². The number of pyridine rings is 1. The number of hydrogen-bond acceptors (Lipinski definition) is 4. The zero-order chi connectivity index (χ0) is 10.8. The molecule has 1 atom stereocenters. The summed E-state index contributed by atoms with van der Waals surface area (Å²) in [6, 6.07) is 5.72. The zero-order valence-electron chi connectivity index (χ0n) is 9.19. The van der Waals surface area contributed by atoms with Crippen LogP contribution >= 0.6 is 0 Å². The molecule has 0 amide bonds. The van der Waals surface area contributed by atoms with Crippen LogP contribution < -0.4 is 10.1 Å². The molecule has 0 aromatic carbocycles. The highest BCUT2D eigenvalue weighted by atomic mass is 16.5. The third kappa shape index (κ3) is 1.68. The summed E-state index contributed by atoms with van der Waals surface area (Å²) in [5.41, 5.74) is 0.0504. The lowest BCUT2D eigenvalue weighted by molar-refractivity contribution is -0.0693. The van der Waals surface area contributed by atoms with Gasteiger partial charge in [0.2, 0.25) is 5.88 Å². The standard InChI is InChI=1S/C12H16N2O2/c1-2-5-14-11(3-1)15-7-10-4-6-16-12(10)8-13-9-12/h1-3,5,10,13H,4,6-9H2. The van der Waals surface area contributed by atoms with E-state index in [0.717, 1.165) is 26.1 Å². The Labute approximate surface area is 95.0 Å². The van der Waals surface area contributed by atoms with Gasteiger partial charge < -0.3 is 14.8 Å². The molecule has 2 aliphatic heterocycles. The quantitative estimate of drug-likeness (QED) is 0.819. The van der Waals surface area contributed by atoms with Crippen molar-refractivity contribution in [2.45, 2.75) is 12.0 Å². The fourth-order valence-corrected chi connectivity index (χ4v) is 2.40. The van der Waals surface area contributed by atoms with Crippen molar-refractivity contribution in [3.05, 3.63) is 24.4 Å². The first-order valence-electron chi connectivity index (χ1n) is 5.78. The van der Waals surface area contributed by atoms with Gasteiger partial charge in [-0.25, -0.2) is 4.98 Å². The molecule has 1 spiro atoms. The topological polar surface area (TPSA) is 43.4 Å². The first kappa shape index (κ1) is 10.1. The van der Waals surface area contributed by atoms with Gasteiger partial charge in [-0.1, -0.05) is 6.07 Å². The molecule has 0 bridgehead atoms. The Morgan fingerprint density at radius 3 is 3.12 bits per heavy atom. The number of nitrogens with one attached hydrogen (secondary N) is 1. The lowest BCUT2D eigenvalue weighted by Gasteiger charge is -2.42. The lowest BCUT2D eigenvalue weighted by atomic mass is 9.83. The molecule has 2 aliphatic rings.